The molecule has 1 aliphatic heterocycles. The topological polar surface area (TPSA) is 39.7 Å². The Balaban J connectivity index is 1.96. The molecule has 128 valence electrons. The van der Waals surface area contributed by atoms with Crippen LogP contribution in [0, 0.1) is 0 Å². The molecule has 0 radical (unpaired) electrons. The Morgan fingerprint density at radius 2 is 2.04 bits per heavy atom. The van der Waals surface area contributed by atoms with Crippen LogP contribution in [0.2, 0.25) is 0 Å². The quantitative estimate of drug-likeness (QED) is 0.625. The number of rotatable bonds is 6. The Hall–Kier alpha value is -1.55. The van der Waals surface area contributed by atoms with Crippen molar-refractivity contribution in [1.29, 1.82) is 0 Å². The first-order valence-corrected chi connectivity index (χ1v) is 9.08. The summed E-state index contributed by atoms with van der Waals surface area (Å²) in [5.41, 5.74) is 1.28. The van der Waals surface area contributed by atoms with Crippen molar-refractivity contribution in [1.82, 2.24) is 15.5 Å². The van der Waals surface area contributed by atoms with Gasteiger partial charge < -0.3 is 10.6 Å². The molecule has 23 heavy (non-hydrogen) atoms. The van der Waals surface area contributed by atoms with E-state index in [2.05, 4.69) is 66.6 Å². The van der Waals surface area contributed by atoms with E-state index in [0.29, 0.717) is 6.04 Å². The smallest absolute Gasteiger partial charge is 0.191 e. The number of likely N-dealkylation sites (N-methyl/N-ethyl adjacent to an activating group) is 1. The van der Waals surface area contributed by atoms with E-state index in [-0.39, 0.29) is 6.04 Å². The zero-order valence-electron chi connectivity index (χ0n) is 14.9. The number of piperidine rings is 1. The highest BCUT2D eigenvalue weighted by molar-refractivity contribution is 5.80. The lowest BCUT2D eigenvalue weighted by Crippen LogP contribution is -2.43. The van der Waals surface area contributed by atoms with E-state index in [9.17, 15) is 0 Å². The second kappa shape index (κ2) is 9.56. The van der Waals surface area contributed by atoms with Gasteiger partial charge >= 0.3 is 0 Å². The second-order valence-corrected chi connectivity index (χ2v) is 6.27. The zero-order valence-corrected chi connectivity index (χ0v) is 14.9. The molecule has 4 heteroatoms. The number of guanidine groups is 1. The van der Waals surface area contributed by atoms with Gasteiger partial charge in [-0.3, -0.25) is 9.89 Å². The average Bonchev–Trinajstić information content (AvgIpc) is 2.60. The number of hydrogen-bond donors (Lipinski definition) is 2. The number of hydrogen-bond acceptors (Lipinski definition) is 2. The van der Waals surface area contributed by atoms with Crippen LogP contribution in [0.5, 0.6) is 0 Å². The molecule has 0 amide bonds. The minimum Gasteiger partial charge on any atom is -0.357 e. The summed E-state index contributed by atoms with van der Waals surface area (Å²) in [5, 5.41) is 6.90. The van der Waals surface area contributed by atoms with Gasteiger partial charge in [-0.25, -0.2) is 0 Å². The first-order chi connectivity index (χ1) is 11.2. The molecule has 2 rings (SSSR count). The van der Waals surface area contributed by atoms with E-state index in [4.69, 9.17) is 4.99 Å². The normalized spacial score (nSPS) is 21.0. The molecule has 1 aliphatic rings. The van der Waals surface area contributed by atoms with E-state index in [1.165, 1.54) is 31.4 Å². The van der Waals surface area contributed by atoms with Crippen molar-refractivity contribution in [3.05, 3.63) is 35.9 Å². The highest BCUT2D eigenvalue weighted by Gasteiger charge is 2.20. The number of likely N-dealkylation sites (tertiary alicyclic amines) is 1. The van der Waals surface area contributed by atoms with Gasteiger partial charge in [-0.05, 0) is 45.3 Å². The molecular weight excluding hydrogens is 284 g/mol. The van der Waals surface area contributed by atoms with Gasteiger partial charge in [-0.15, -0.1) is 0 Å². The van der Waals surface area contributed by atoms with Gasteiger partial charge in [0.15, 0.2) is 5.96 Å². The lowest BCUT2D eigenvalue weighted by atomic mass is 10.0. The SMILES string of the molecule is CCNC(=NCC1CCCCN1CC)NC(C)c1ccccc1. The van der Waals surface area contributed by atoms with Crippen LogP contribution >= 0.6 is 0 Å². The third-order valence-corrected chi connectivity index (χ3v) is 4.61. The van der Waals surface area contributed by atoms with Crippen LogP contribution in [-0.4, -0.2) is 43.1 Å². The number of aliphatic imine (C=N–C) groups is 1. The number of benzene rings is 1. The van der Waals surface area contributed by atoms with Crippen molar-refractivity contribution in [3.8, 4) is 0 Å². The van der Waals surface area contributed by atoms with Crippen molar-refractivity contribution in [2.45, 2.75) is 52.1 Å². The van der Waals surface area contributed by atoms with Crippen LogP contribution in [0.15, 0.2) is 35.3 Å². The van der Waals surface area contributed by atoms with Crippen LogP contribution in [0.25, 0.3) is 0 Å². The Kier molecular flexibility index (Phi) is 7.40. The first-order valence-electron chi connectivity index (χ1n) is 9.08. The molecule has 1 saturated heterocycles. The van der Waals surface area contributed by atoms with Gasteiger partial charge in [0.05, 0.1) is 12.6 Å². The minimum absolute atomic E-state index is 0.252. The van der Waals surface area contributed by atoms with Crippen molar-refractivity contribution in [2.24, 2.45) is 4.99 Å². The molecule has 0 spiro atoms. The molecule has 1 aromatic carbocycles. The summed E-state index contributed by atoms with van der Waals surface area (Å²) in [5.74, 6) is 0.922. The Labute approximate surface area is 141 Å². The van der Waals surface area contributed by atoms with E-state index in [0.717, 1.165) is 25.6 Å². The molecule has 2 atom stereocenters. The van der Waals surface area contributed by atoms with Gasteiger partial charge in [0.25, 0.3) is 0 Å². The molecule has 0 aromatic heterocycles. The predicted octanol–water partition coefficient (Wildman–Crippen LogP) is 3.18. The number of nitrogens with zero attached hydrogens (tertiary/aromatic N) is 2. The molecule has 0 bridgehead atoms. The third-order valence-electron chi connectivity index (χ3n) is 4.61. The largest absolute Gasteiger partial charge is 0.357 e. The van der Waals surface area contributed by atoms with Crippen molar-refractivity contribution < 1.29 is 0 Å². The highest BCUT2D eigenvalue weighted by atomic mass is 15.2. The van der Waals surface area contributed by atoms with Gasteiger partial charge in [-0.2, -0.15) is 0 Å². The van der Waals surface area contributed by atoms with Gasteiger partial charge in [0, 0.05) is 12.6 Å². The summed E-state index contributed by atoms with van der Waals surface area (Å²) < 4.78 is 0. The summed E-state index contributed by atoms with van der Waals surface area (Å²) in [7, 11) is 0. The first kappa shape index (κ1) is 17.8. The molecule has 1 aromatic rings. The fraction of sp³-hybridized carbons (Fsp3) is 0.632. The summed E-state index contributed by atoms with van der Waals surface area (Å²) in [6, 6.07) is 11.4. The zero-order chi connectivity index (χ0) is 16.5. The summed E-state index contributed by atoms with van der Waals surface area (Å²) in [6.07, 6.45) is 3.93. The Bertz CT molecular complexity index is 472. The molecule has 4 nitrogen and oxygen atoms in total. The van der Waals surface area contributed by atoms with E-state index >= 15 is 0 Å². The monoisotopic (exact) mass is 316 g/mol. The van der Waals surface area contributed by atoms with Gasteiger partial charge in [0.1, 0.15) is 0 Å². The molecule has 2 N–H and O–H groups in total. The van der Waals surface area contributed by atoms with Crippen molar-refractivity contribution >= 4 is 5.96 Å². The maximum atomic E-state index is 4.85. The summed E-state index contributed by atoms with van der Waals surface area (Å²) in [4.78, 5) is 7.42. The lowest BCUT2D eigenvalue weighted by molar-refractivity contribution is 0.161. The van der Waals surface area contributed by atoms with Crippen molar-refractivity contribution in [3.63, 3.8) is 0 Å². The summed E-state index contributed by atoms with van der Waals surface area (Å²) >= 11 is 0. The summed E-state index contributed by atoms with van der Waals surface area (Å²) in [6.45, 7) is 10.7. The molecular formula is C19H32N4. The third kappa shape index (κ3) is 5.54. The maximum absolute atomic E-state index is 4.85. The number of nitrogens with one attached hydrogen (secondary N) is 2. The molecule has 1 heterocycles. The standard InChI is InChI=1S/C19H32N4/c1-4-20-19(22-16(3)17-11-7-6-8-12-17)21-15-18-13-9-10-14-23(18)5-2/h6-8,11-12,16,18H,4-5,9-10,13-15H2,1-3H3,(H2,20,21,22). The highest BCUT2D eigenvalue weighted by Crippen LogP contribution is 2.17. The maximum Gasteiger partial charge on any atom is 0.191 e. The van der Waals surface area contributed by atoms with Crippen LogP contribution in [0.4, 0.5) is 0 Å². The fourth-order valence-corrected chi connectivity index (χ4v) is 3.23. The molecule has 1 fully saturated rings. The van der Waals surface area contributed by atoms with E-state index < -0.39 is 0 Å². The Morgan fingerprint density at radius 1 is 1.26 bits per heavy atom. The van der Waals surface area contributed by atoms with Crippen LogP contribution in [-0.2, 0) is 0 Å². The minimum atomic E-state index is 0.252. The molecule has 2 unspecified atom stereocenters. The fourth-order valence-electron chi connectivity index (χ4n) is 3.23. The van der Waals surface area contributed by atoms with Crippen molar-refractivity contribution in [2.75, 3.05) is 26.2 Å². The van der Waals surface area contributed by atoms with Gasteiger partial charge in [0.2, 0.25) is 0 Å². The molecule has 0 saturated carbocycles. The van der Waals surface area contributed by atoms with E-state index in [1.807, 2.05) is 0 Å². The van der Waals surface area contributed by atoms with Gasteiger partial charge in [-0.1, -0.05) is 43.7 Å². The molecule has 0 aliphatic carbocycles. The lowest BCUT2D eigenvalue weighted by Gasteiger charge is -2.34. The van der Waals surface area contributed by atoms with Crippen LogP contribution < -0.4 is 10.6 Å². The average molecular weight is 316 g/mol. The van der Waals surface area contributed by atoms with Crippen LogP contribution in [0.1, 0.15) is 51.6 Å². The second-order valence-electron chi connectivity index (χ2n) is 6.27. The Morgan fingerprint density at radius 3 is 2.74 bits per heavy atom. The van der Waals surface area contributed by atoms with E-state index in [1.54, 1.807) is 0 Å². The predicted molar refractivity (Wildman–Crippen MR) is 98.9 cm³/mol. The van der Waals surface area contributed by atoms with Crippen LogP contribution in [0.3, 0.4) is 0 Å².